The Kier molecular flexibility index (Phi) is 3.98. The van der Waals surface area contributed by atoms with Crippen LogP contribution in [0, 0.1) is 17.3 Å². The van der Waals surface area contributed by atoms with Gasteiger partial charge >= 0.3 is 6.18 Å². The number of carbonyl (C=O) groups is 1. The van der Waals surface area contributed by atoms with Crippen LogP contribution in [0.4, 0.5) is 13.2 Å². The molecule has 0 aromatic rings. The van der Waals surface area contributed by atoms with Gasteiger partial charge in [0, 0.05) is 12.5 Å². The number of hydrogen-bond donors (Lipinski definition) is 1. The maximum atomic E-state index is 12.8. The van der Waals surface area contributed by atoms with Crippen LogP contribution in [0.1, 0.15) is 58.8 Å². The number of nitrogens with zero attached hydrogens (tertiary/aromatic N) is 1. The quantitative estimate of drug-likeness (QED) is 0.855. The largest absolute Gasteiger partial charge is 0.406 e. The summed E-state index contributed by atoms with van der Waals surface area (Å²) >= 11 is 0. The van der Waals surface area contributed by atoms with Crippen LogP contribution in [-0.2, 0) is 4.79 Å². The van der Waals surface area contributed by atoms with Gasteiger partial charge in [-0.2, -0.15) is 13.2 Å². The van der Waals surface area contributed by atoms with E-state index in [0.29, 0.717) is 18.3 Å². The van der Waals surface area contributed by atoms with Crippen molar-refractivity contribution in [1.82, 2.24) is 4.90 Å². The summed E-state index contributed by atoms with van der Waals surface area (Å²) in [6.07, 6.45) is 0.832. The summed E-state index contributed by atoms with van der Waals surface area (Å²) in [4.78, 5) is 13.5. The predicted molar refractivity (Wildman–Crippen MR) is 79.6 cm³/mol. The Labute approximate surface area is 135 Å². The number of rotatable bonds is 4. The first-order valence-corrected chi connectivity index (χ1v) is 8.58. The molecule has 132 valence electrons. The van der Waals surface area contributed by atoms with Crippen molar-refractivity contribution in [3.63, 3.8) is 0 Å². The Morgan fingerprint density at radius 1 is 1.22 bits per heavy atom. The molecule has 23 heavy (non-hydrogen) atoms. The summed E-state index contributed by atoms with van der Waals surface area (Å²) < 4.78 is 38.3. The monoisotopic (exact) mass is 333 g/mol. The number of aliphatic hydroxyl groups is 1. The number of halogens is 3. The van der Waals surface area contributed by atoms with E-state index in [4.69, 9.17) is 0 Å². The second-order valence-electron chi connectivity index (χ2n) is 8.59. The van der Waals surface area contributed by atoms with Crippen molar-refractivity contribution >= 4 is 5.91 Å². The molecule has 2 unspecified atom stereocenters. The van der Waals surface area contributed by atoms with Crippen molar-refractivity contribution in [3.05, 3.63) is 0 Å². The van der Waals surface area contributed by atoms with Gasteiger partial charge in [-0.3, -0.25) is 4.79 Å². The van der Waals surface area contributed by atoms with Crippen LogP contribution in [0.25, 0.3) is 0 Å². The minimum absolute atomic E-state index is 0.149. The smallest absolute Gasteiger partial charge is 0.390 e. The van der Waals surface area contributed by atoms with E-state index >= 15 is 0 Å². The summed E-state index contributed by atoms with van der Waals surface area (Å²) in [6, 6.07) is -0.471. The van der Waals surface area contributed by atoms with Gasteiger partial charge in [0.05, 0.1) is 5.60 Å². The first-order chi connectivity index (χ1) is 10.5. The van der Waals surface area contributed by atoms with Gasteiger partial charge in [0.2, 0.25) is 5.91 Å². The summed E-state index contributed by atoms with van der Waals surface area (Å²) in [6.45, 7) is 2.06. The first-order valence-electron chi connectivity index (χ1n) is 8.58. The zero-order valence-corrected chi connectivity index (χ0v) is 13.8. The lowest BCUT2D eigenvalue weighted by atomic mass is 9.47. The number of alkyl halides is 3. The summed E-state index contributed by atoms with van der Waals surface area (Å²) in [5.74, 6) is 0.455. The van der Waals surface area contributed by atoms with Crippen LogP contribution < -0.4 is 0 Å². The molecule has 0 aromatic carbocycles. The Morgan fingerprint density at radius 2 is 1.78 bits per heavy atom. The van der Waals surface area contributed by atoms with E-state index < -0.39 is 30.3 Å². The molecule has 2 atom stereocenters. The molecule has 0 saturated heterocycles. The fourth-order valence-electron chi connectivity index (χ4n) is 5.78. The van der Waals surface area contributed by atoms with Crippen LogP contribution in [-0.4, -0.2) is 40.3 Å². The topological polar surface area (TPSA) is 40.5 Å². The molecule has 3 nitrogen and oxygen atoms in total. The molecule has 0 aromatic heterocycles. The van der Waals surface area contributed by atoms with Gasteiger partial charge in [0.15, 0.2) is 0 Å². The van der Waals surface area contributed by atoms with E-state index in [1.165, 1.54) is 0 Å². The van der Waals surface area contributed by atoms with E-state index in [1.54, 1.807) is 13.8 Å². The lowest BCUT2D eigenvalue weighted by Gasteiger charge is -2.60. The van der Waals surface area contributed by atoms with Gasteiger partial charge < -0.3 is 10.0 Å². The molecule has 4 rings (SSSR count). The highest BCUT2D eigenvalue weighted by molar-refractivity contribution is 5.77. The average molecular weight is 333 g/mol. The molecule has 4 aliphatic rings. The molecule has 0 spiro atoms. The van der Waals surface area contributed by atoms with E-state index in [2.05, 4.69) is 0 Å². The molecule has 1 N–H and O–H groups in total. The summed E-state index contributed by atoms with van der Waals surface area (Å²) in [7, 11) is 0. The first kappa shape index (κ1) is 17.1. The zero-order valence-electron chi connectivity index (χ0n) is 13.8. The molecule has 4 fully saturated rings. The molecule has 6 heteroatoms. The van der Waals surface area contributed by atoms with Crippen LogP contribution in [0.15, 0.2) is 0 Å². The van der Waals surface area contributed by atoms with Gasteiger partial charge in [-0.25, -0.2) is 0 Å². The van der Waals surface area contributed by atoms with E-state index in [-0.39, 0.29) is 11.8 Å². The lowest BCUT2D eigenvalue weighted by molar-refractivity contribution is -0.181. The van der Waals surface area contributed by atoms with Crippen LogP contribution >= 0.6 is 0 Å². The molecule has 0 radical (unpaired) electrons. The van der Waals surface area contributed by atoms with Crippen molar-refractivity contribution in [1.29, 1.82) is 0 Å². The Bertz CT molecular complexity index is 475. The van der Waals surface area contributed by atoms with E-state index in [1.807, 2.05) is 0 Å². The zero-order chi connectivity index (χ0) is 17.0. The fraction of sp³-hybridized carbons (Fsp3) is 0.941. The van der Waals surface area contributed by atoms with Gasteiger partial charge in [0.25, 0.3) is 0 Å². The van der Waals surface area contributed by atoms with Crippen LogP contribution in [0.3, 0.4) is 0 Å². The van der Waals surface area contributed by atoms with Crippen molar-refractivity contribution in [2.75, 3.05) is 6.54 Å². The SMILES string of the molecule is CC(C)N(CC(F)(F)F)C(=O)CC12CC3CC(CC(O)(C3)C1)C2. The average Bonchev–Trinajstić information content (AvgIpc) is 2.30. The van der Waals surface area contributed by atoms with E-state index in [0.717, 1.165) is 37.0 Å². The highest BCUT2D eigenvalue weighted by atomic mass is 19.4. The van der Waals surface area contributed by atoms with Gasteiger partial charge in [-0.05, 0) is 69.6 Å². The highest BCUT2D eigenvalue weighted by Gasteiger charge is 2.57. The Morgan fingerprint density at radius 3 is 2.22 bits per heavy atom. The maximum Gasteiger partial charge on any atom is 0.406 e. The lowest BCUT2D eigenvalue weighted by Crippen LogP contribution is -2.57. The molecule has 0 heterocycles. The van der Waals surface area contributed by atoms with Gasteiger partial charge in [-0.1, -0.05) is 0 Å². The van der Waals surface area contributed by atoms with Crippen molar-refractivity contribution in [3.8, 4) is 0 Å². The van der Waals surface area contributed by atoms with Crippen molar-refractivity contribution in [2.24, 2.45) is 17.3 Å². The van der Waals surface area contributed by atoms with Crippen molar-refractivity contribution < 1.29 is 23.1 Å². The minimum atomic E-state index is -4.38. The third-order valence-corrected chi connectivity index (χ3v) is 5.97. The molecule has 1 amide bonds. The fourth-order valence-corrected chi connectivity index (χ4v) is 5.78. The Hall–Kier alpha value is -0.780. The molecule has 4 bridgehead atoms. The summed E-state index contributed by atoms with van der Waals surface area (Å²) in [5, 5.41) is 10.7. The molecular weight excluding hydrogens is 307 g/mol. The second-order valence-corrected chi connectivity index (χ2v) is 8.59. The normalized spacial score (nSPS) is 39.1. The number of amides is 1. The molecule has 4 saturated carbocycles. The second kappa shape index (κ2) is 5.36. The van der Waals surface area contributed by atoms with Gasteiger partial charge in [-0.15, -0.1) is 0 Å². The standard InChI is InChI=1S/C17H26F3NO2/c1-11(2)21(10-17(18,19)20)14(22)8-15-4-12-3-13(5-15)7-16(23,6-12)9-15/h11-13,23H,3-10H2,1-2H3. The Balaban J connectivity index is 1.74. The van der Waals surface area contributed by atoms with Gasteiger partial charge in [0.1, 0.15) is 6.54 Å². The van der Waals surface area contributed by atoms with Crippen LogP contribution in [0.5, 0.6) is 0 Å². The molecule has 0 aliphatic heterocycles. The number of carbonyl (C=O) groups excluding carboxylic acids is 1. The third kappa shape index (κ3) is 3.52. The third-order valence-electron chi connectivity index (χ3n) is 5.97. The number of hydrogen-bond acceptors (Lipinski definition) is 2. The molecule has 4 aliphatic carbocycles. The highest BCUT2D eigenvalue weighted by Crippen LogP contribution is 2.62. The van der Waals surface area contributed by atoms with E-state index in [9.17, 15) is 23.1 Å². The minimum Gasteiger partial charge on any atom is -0.390 e. The molecular formula is C17H26F3NO2. The van der Waals surface area contributed by atoms with Crippen LogP contribution in [0.2, 0.25) is 0 Å². The maximum absolute atomic E-state index is 12.8. The predicted octanol–water partition coefficient (Wildman–Crippen LogP) is 3.51. The van der Waals surface area contributed by atoms with Crippen molar-refractivity contribution in [2.45, 2.75) is 76.6 Å². The summed E-state index contributed by atoms with van der Waals surface area (Å²) in [5.41, 5.74) is -0.967.